The summed E-state index contributed by atoms with van der Waals surface area (Å²) in [7, 11) is 1.18. The van der Waals surface area contributed by atoms with Crippen LogP contribution in [0.3, 0.4) is 0 Å². The number of phosphoric acid groups is 1. The van der Waals surface area contributed by atoms with Crippen LogP contribution < -0.4 is 10.2 Å². The van der Waals surface area contributed by atoms with E-state index in [9.17, 15) is 19.0 Å². The fourth-order valence-electron chi connectivity index (χ4n) is 8.72. The molecule has 1 N–H and O–H groups in total. The van der Waals surface area contributed by atoms with Crippen LogP contribution in [0.5, 0.6) is 0 Å². The summed E-state index contributed by atoms with van der Waals surface area (Å²) >= 11 is 0. The largest absolute Gasteiger partial charge is 0.756 e. The number of carbonyl (C=O) groups is 2. The fraction of sp³-hybridized carbons (Fsp3) is 0.839. The van der Waals surface area contributed by atoms with Crippen molar-refractivity contribution in [2.24, 2.45) is 0 Å². The Labute approximate surface area is 446 Å². The van der Waals surface area contributed by atoms with E-state index in [1.54, 1.807) is 0 Å². The fourth-order valence-corrected chi connectivity index (χ4v) is 9.45. The third-order valence-electron chi connectivity index (χ3n) is 13.5. The van der Waals surface area contributed by atoms with Crippen LogP contribution >= 0.6 is 7.82 Å². The lowest BCUT2D eigenvalue weighted by Gasteiger charge is -2.30. The minimum atomic E-state index is -4.70. The van der Waals surface area contributed by atoms with Gasteiger partial charge in [-0.05, 0) is 89.5 Å². The van der Waals surface area contributed by atoms with Crippen LogP contribution in [0.15, 0.2) is 48.6 Å². The van der Waals surface area contributed by atoms with Crippen molar-refractivity contribution in [1.82, 2.24) is 5.32 Å². The van der Waals surface area contributed by atoms with Gasteiger partial charge < -0.3 is 28.5 Å². The molecule has 72 heavy (non-hydrogen) atoms. The third kappa shape index (κ3) is 52.8. The molecule has 0 rings (SSSR count). The molecule has 0 aromatic rings. The first-order valence-corrected chi connectivity index (χ1v) is 31.9. The van der Waals surface area contributed by atoms with Crippen molar-refractivity contribution in [3.63, 3.8) is 0 Å². The molecule has 10 heteroatoms. The van der Waals surface area contributed by atoms with Gasteiger partial charge in [-0.1, -0.05) is 230 Å². The summed E-state index contributed by atoms with van der Waals surface area (Å²) in [5.41, 5.74) is 0. The average molecular weight is 1030 g/mol. The molecule has 0 aromatic heterocycles. The highest BCUT2D eigenvalue weighted by Crippen LogP contribution is 2.38. The van der Waals surface area contributed by atoms with Crippen molar-refractivity contribution in [3.05, 3.63) is 48.6 Å². The van der Waals surface area contributed by atoms with Gasteiger partial charge in [0.25, 0.3) is 7.82 Å². The number of unbranched alkanes of at least 4 members (excludes halogenated alkanes) is 33. The Morgan fingerprint density at radius 2 is 0.847 bits per heavy atom. The van der Waals surface area contributed by atoms with Crippen LogP contribution in [0, 0.1) is 0 Å². The van der Waals surface area contributed by atoms with Crippen molar-refractivity contribution in [3.8, 4) is 0 Å². The first kappa shape index (κ1) is 70.0. The highest BCUT2D eigenvalue weighted by atomic mass is 31.2. The van der Waals surface area contributed by atoms with Gasteiger partial charge in [-0.15, -0.1) is 0 Å². The minimum Gasteiger partial charge on any atom is -0.756 e. The molecule has 0 bridgehead atoms. The summed E-state index contributed by atoms with van der Waals surface area (Å²) < 4.78 is 30.3. The maximum absolute atomic E-state index is 13.5. The average Bonchev–Trinajstić information content (AvgIpc) is 3.34. The van der Waals surface area contributed by atoms with E-state index in [-0.39, 0.29) is 31.5 Å². The Bertz CT molecular complexity index is 1380. The molecule has 0 spiro atoms. The number of quaternary nitrogens is 1. The number of likely N-dealkylation sites (N-methyl/N-ethyl adjacent to an activating group) is 1. The predicted molar refractivity (Wildman–Crippen MR) is 307 cm³/mol. The normalized spacial score (nSPS) is 14.0. The van der Waals surface area contributed by atoms with Crippen LogP contribution in [-0.4, -0.2) is 69.4 Å². The quantitative estimate of drug-likeness (QED) is 0.0212. The van der Waals surface area contributed by atoms with Gasteiger partial charge in [0, 0.05) is 12.8 Å². The molecule has 0 aliphatic heterocycles. The lowest BCUT2D eigenvalue weighted by molar-refractivity contribution is -0.870. The zero-order chi connectivity index (χ0) is 52.9. The second-order valence-corrected chi connectivity index (χ2v) is 23.3. The summed E-state index contributed by atoms with van der Waals surface area (Å²) in [6.45, 7) is 6.81. The van der Waals surface area contributed by atoms with Crippen LogP contribution in [0.25, 0.3) is 0 Å². The van der Waals surface area contributed by atoms with Gasteiger partial charge in [-0.25, -0.2) is 0 Å². The van der Waals surface area contributed by atoms with Crippen molar-refractivity contribution in [1.29, 1.82) is 0 Å². The highest BCUT2D eigenvalue weighted by Gasteiger charge is 2.27. The predicted octanol–water partition coefficient (Wildman–Crippen LogP) is 17.9. The van der Waals surface area contributed by atoms with Gasteiger partial charge in [0.1, 0.15) is 19.3 Å². The number of rotatable bonds is 55. The van der Waals surface area contributed by atoms with Crippen LogP contribution in [-0.2, 0) is 27.9 Å². The summed E-state index contributed by atoms with van der Waals surface area (Å²) in [6.07, 6.45) is 63.5. The smallest absolute Gasteiger partial charge is 0.306 e. The van der Waals surface area contributed by atoms with Gasteiger partial charge in [-0.2, -0.15) is 0 Å². The van der Waals surface area contributed by atoms with E-state index in [2.05, 4.69) is 62.5 Å². The first-order valence-electron chi connectivity index (χ1n) is 30.4. The Kier molecular flexibility index (Phi) is 50.9. The number of nitrogens with one attached hydrogen (secondary N) is 1. The summed E-state index contributed by atoms with van der Waals surface area (Å²) in [6, 6.07) is -0.890. The molecule has 0 saturated heterocycles. The standard InChI is InChI=1S/C62H117N2O7P/c1-7-10-13-16-19-22-25-28-30-31-32-33-35-37-40-43-46-49-52-55-62(66)71-60(53-50-47-44-41-38-27-24-21-18-15-12-9-3)59(58-70-72(67,68)69-57-56-64(4,5)6)63-61(65)54-51-48-45-42-39-36-34-29-26-23-20-17-14-11-8-2/h19,22-23,26,28,30,50,53,59-60H,7-18,20-21,24-25,27,29,31-49,51-52,54-58H2,1-6H3,(H-,63,65,67,68)/b22-19-,26-23-,30-28-,53-50+. The Morgan fingerprint density at radius 1 is 0.486 bits per heavy atom. The van der Waals surface area contributed by atoms with Crippen molar-refractivity contribution < 1.29 is 37.3 Å². The van der Waals surface area contributed by atoms with Gasteiger partial charge in [0.2, 0.25) is 5.91 Å². The summed E-state index contributed by atoms with van der Waals surface area (Å²) in [4.78, 5) is 39.9. The SMILES string of the molecule is CCCCC/C=C\C/C=C\CCCCCCCCCCCC(=O)OC(/C=C/CCCCCCCCCCCC)C(COP(=O)([O-])OCC[N+](C)(C)C)NC(=O)CCCCCCCCC/C=C\CCCCCC. The lowest BCUT2D eigenvalue weighted by atomic mass is 10.0. The van der Waals surface area contributed by atoms with Gasteiger partial charge in [0.05, 0.1) is 33.8 Å². The molecule has 422 valence electrons. The molecule has 0 fully saturated rings. The molecular weight excluding hydrogens is 916 g/mol. The zero-order valence-corrected chi connectivity index (χ0v) is 49.0. The van der Waals surface area contributed by atoms with E-state index >= 15 is 0 Å². The second kappa shape index (κ2) is 52.4. The number of allylic oxidation sites excluding steroid dienone is 7. The monoisotopic (exact) mass is 1030 g/mol. The number of nitrogens with zero attached hydrogens (tertiary/aromatic N) is 1. The maximum Gasteiger partial charge on any atom is 0.306 e. The van der Waals surface area contributed by atoms with Crippen LogP contribution in [0.4, 0.5) is 0 Å². The molecule has 0 aliphatic carbocycles. The first-order chi connectivity index (χ1) is 34.9. The number of hydrogen-bond acceptors (Lipinski definition) is 7. The molecule has 0 heterocycles. The van der Waals surface area contributed by atoms with Crippen molar-refractivity contribution in [2.45, 2.75) is 296 Å². The molecule has 0 aromatic carbocycles. The molecular formula is C62H117N2O7P. The molecule has 0 saturated carbocycles. The highest BCUT2D eigenvalue weighted by molar-refractivity contribution is 7.45. The summed E-state index contributed by atoms with van der Waals surface area (Å²) in [5.74, 6) is -0.544. The number of ether oxygens (including phenoxy) is 1. The number of esters is 1. The number of carbonyl (C=O) groups excluding carboxylic acids is 2. The summed E-state index contributed by atoms with van der Waals surface area (Å²) in [5, 5.41) is 3.02. The number of phosphoric ester groups is 1. The minimum absolute atomic E-state index is 0.0235. The van der Waals surface area contributed by atoms with Crippen LogP contribution in [0.2, 0.25) is 0 Å². The Balaban J connectivity index is 5.27. The topological polar surface area (TPSA) is 114 Å². The van der Waals surface area contributed by atoms with Crippen molar-refractivity contribution >= 4 is 19.7 Å². The zero-order valence-electron chi connectivity index (χ0n) is 48.1. The molecule has 3 unspecified atom stereocenters. The van der Waals surface area contributed by atoms with E-state index in [1.807, 2.05) is 33.3 Å². The van der Waals surface area contributed by atoms with E-state index < -0.39 is 20.0 Å². The van der Waals surface area contributed by atoms with E-state index in [1.165, 1.54) is 173 Å². The number of amides is 1. The Hall–Kier alpha value is -2.03. The molecule has 3 atom stereocenters. The van der Waals surface area contributed by atoms with E-state index in [0.717, 1.165) is 77.0 Å². The third-order valence-corrected chi connectivity index (χ3v) is 14.4. The van der Waals surface area contributed by atoms with Crippen LogP contribution in [0.1, 0.15) is 284 Å². The van der Waals surface area contributed by atoms with Gasteiger partial charge >= 0.3 is 5.97 Å². The van der Waals surface area contributed by atoms with Crippen molar-refractivity contribution in [2.75, 3.05) is 40.9 Å². The van der Waals surface area contributed by atoms with Gasteiger partial charge in [-0.3, -0.25) is 14.2 Å². The maximum atomic E-state index is 13.5. The number of hydrogen-bond donors (Lipinski definition) is 1. The van der Waals surface area contributed by atoms with E-state index in [0.29, 0.717) is 17.4 Å². The molecule has 1 amide bonds. The van der Waals surface area contributed by atoms with Gasteiger partial charge in [0.15, 0.2) is 0 Å². The second-order valence-electron chi connectivity index (χ2n) is 21.8. The van der Waals surface area contributed by atoms with E-state index in [4.69, 9.17) is 13.8 Å². The lowest BCUT2D eigenvalue weighted by Crippen LogP contribution is -2.47. The Morgan fingerprint density at radius 3 is 1.31 bits per heavy atom. The molecule has 0 radical (unpaired) electrons. The molecule has 9 nitrogen and oxygen atoms in total. The molecule has 0 aliphatic rings.